The van der Waals surface area contributed by atoms with Gasteiger partial charge in [-0.1, -0.05) is 6.07 Å². The molecule has 0 spiro atoms. The van der Waals surface area contributed by atoms with E-state index in [1.54, 1.807) is 31.3 Å². The third-order valence-electron chi connectivity index (χ3n) is 5.48. The Hall–Kier alpha value is -4.54. The van der Waals surface area contributed by atoms with Gasteiger partial charge in [-0.3, -0.25) is 19.1 Å². The molecule has 1 atom stereocenters. The molecule has 0 radical (unpaired) electrons. The van der Waals surface area contributed by atoms with Crippen molar-refractivity contribution in [2.24, 2.45) is 0 Å². The summed E-state index contributed by atoms with van der Waals surface area (Å²) in [4.78, 5) is 38.9. The molecule has 11 heteroatoms. The highest BCUT2D eigenvalue weighted by molar-refractivity contribution is 6.03. The monoisotopic (exact) mass is 479 g/mol. The molecule has 0 fully saturated rings. The molecule has 1 aromatic carbocycles. The number of nitrogens with zero attached hydrogens (tertiary/aromatic N) is 4. The van der Waals surface area contributed by atoms with Gasteiger partial charge in [0.2, 0.25) is 0 Å². The van der Waals surface area contributed by atoms with Crippen molar-refractivity contribution in [1.29, 1.82) is 0 Å². The van der Waals surface area contributed by atoms with Crippen LogP contribution in [0, 0.1) is 0 Å². The Balaban J connectivity index is 1.60. The summed E-state index contributed by atoms with van der Waals surface area (Å²) in [5, 5.41) is 3.27. The summed E-state index contributed by atoms with van der Waals surface area (Å²) in [6, 6.07) is 9.03. The lowest BCUT2D eigenvalue weighted by atomic mass is 10.1. The van der Waals surface area contributed by atoms with E-state index in [4.69, 9.17) is 4.42 Å². The molecule has 0 saturated carbocycles. The van der Waals surface area contributed by atoms with E-state index in [1.165, 1.54) is 30.9 Å². The van der Waals surface area contributed by atoms with E-state index in [0.717, 1.165) is 16.7 Å². The summed E-state index contributed by atoms with van der Waals surface area (Å²) in [5.74, 6) is -0.513. The predicted octanol–water partition coefficient (Wildman–Crippen LogP) is 4.43. The van der Waals surface area contributed by atoms with Gasteiger partial charge in [-0.15, -0.1) is 0 Å². The smallest absolute Gasteiger partial charge is 0.416 e. The summed E-state index contributed by atoms with van der Waals surface area (Å²) in [5.41, 5.74) is -0.342. The fourth-order valence-electron chi connectivity index (χ4n) is 3.71. The Labute approximate surface area is 195 Å². The normalized spacial score (nSPS) is 12.7. The second-order valence-electron chi connectivity index (χ2n) is 7.76. The van der Waals surface area contributed by atoms with Crippen LogP contribution in [0.5, 0.6) is 0 Å². The maximum atomic E-state index is 13.1. The van der Waals surface area contributed by atoms with Gasteiger partial charge in [0, 0.05) is 6.20 Å². The summed E-state index contributed by atoms with van der Waals surface area (Å²) >= 11 is 0. The van der Waals surface area contributed by atoms with E-state index in [1.807, 2.05) is 0 Å². The second kappa shape index (κ2) is 8.35. The lowest BCUT2D eigenvalue weighted by molar-refractivity contribution is -0.137. The number of aromatic nitrogens is 4. The van der Waals surface area contributed by atoms with Crippen LogP contribution in [0.1, 0.15) is 34.7 Å². The molecule has 0 unspecified atom stereocenters. The Kier molecular flexibility index (Phi) is 5.31. The van der Waals surface area contributed by atoms with Crippen LogP contribution in [-0.4, -0.2) is 25.4 Å². The Morgan fingerprint density at radius 3 is 2.49 bits per heavy atom. The number of carbonyl (C=O) groups is 1. The Morgan fingerprint density at radius 1 is 1.06 bits per heavy atom. The van der Waals surface area contributed by atoms with Crippen LogP contribution in [0.2, 0.25) is 0 Å². The molecule has 5 aromatic rings. The summed E-state index contributed by atoms with van der Waals surface area (Å²) < 4.78 is 45.3. The Bertz CT molecular complexity index is 1610. The van der Waals surface area contributed by atoms with Crippen LogP contribution >= 0.6 is 0 Å². The van der Waals surface area contributed by atoms with Gasteiger partial charge >= 0.3 is 6.18 Å². The number of hydrogen-bond acceptors (Lipinski definition) is 6. The van der Waals surface area contributed by atoms with E-state index in [2.05, 4.69) is 20.3 Å². The van der Waals surface area contributed by atoms with Crippen molar-refractivity contribution in [3.8, 4) is 5.69 Å². The van der Waals surface area contributed by atoms with Crippen LogP contribution in [0.4, 0.5) is 13.2 Å². The first-order valence-electron chi connectivity index (χ1n) is 10.4. The zero-order valence-electron chi connectivity index (χ0n) is 18.1. The van der Waals surface area contributed by atoms with Crippen LogP contribution in [0.3, 0.4) is 0 Å². The zero-order valence-corrected chi connectivity index (χ0v) is 18.1. The predicted molar refractivity (Wildman–Crippen MR) is 120 cm³/mol. The van der Waals surface area contributed by atoms with Gasteiger partial charge in [0.15, 0.2) is 5.65 Å². The van der Waals surface area contributed by atoms with E-state index in [-0.39, 0.29) is 27.9 Å². The average molecular weight is 479 g/mol. The highest BCUT2D eigenvalue weighted by atomic mass is 19.4. The van der Waals surface area contributed by atoms with E-state index in [9.17, 15) is 22.8 Å². The van der Waals surface area contributed by atoms with Crippen molar-refractivity contribution in [1.82, 2.24) is 24.8 Å². The van der Waals surface area contributed by atoms with Crippen molar-refractivity contribution in [3.63, 3.8) is 0 Å². The molecule has 1 N–H and O–H groups in total. The minimum atomic E-state index is -4.52. The number of rotatable bonds is 4. The Morgan fingerprint density at radius 2 is 1.80 bits per heavy atom. The third-order valence-corrected chi connectivity index (χ3v) is 5.48. The quantitative estimate of drug-likeness (QED) is 0.409. The molecular weight excluding hydrogens is 463 g/mol. The molecule has 0 aliphatic heterocycles. The lowest BCUT2D eigenvalue weighted by Gasteiger charge is -2.14. The van der Waals surface area contributed by atoms with E-state index >= 15 is 0 Å². The molecule has 35 heavy (non-hydrogen) atoms. The topological polar surface area (TPSA) is 103 Å². The molecular formula is C24H16F3N5O3. The van der Waals surface area contributed by atoms with Gasteiger partial charge in [0.25, 0.3) is 11.5 Å². The molecule has 176 valence electrons. The number of amides is 1. The maximum absolute atomic E-state index is 13.1. The number of fused-ring (bicyclic) bond motifs is 3. The first kappa shape index (κ1) is 22.3. The first-order valence-corrected chi connectivity index (χ1v) is 10.4. The van der Waals surface area contributed by atoms with Crippen LogP contribution in [-0.2, 0) is 6.18 Å². The highest BCUT2D eigenvalue weighted by Gasteiger charge is 2.30. The lowest BCUT2D eigenvalue weighted by Crippen LogP contribution is -2.28. The number of alkyl halides is 3. The van der Waals surface area contributed by atoms with Gasteiger partial charge < -0.3 is 9.73 Å². The SMILES string of the molecule is C[C@H](NC(=O)c1cnc2c(n1)c1cocc1c(=O)n2-c1ccc(C(F)(F)F)cc1)c1ccccn1. The number of nitrogens with one attached hydrogen (secondary N) is 1. The van der Waals surface area contributed by atoms with Crippen LogP contribution in [0.15, 0.2) is 76.6 Å². The fourth-order valence-corrected chi connectivity index (χ4v) is 3.71. The molecule has 8 nitrogen and oxygen atoms in total. The minimum absolute atomic E-state index is 0.0135. The average Bonchev–Trinajstić information content (AvgIpc) is 3.35. The molecule has 0 aliphatic carbocycles. The van der Waals surface area contributed by atoms with E-state index < -0.39 is 29.2 Å². The molecule has 4 aromatic heterocycles. The molecule has 1 amide bonds. The van der Waals surface area contributed by atoms with Gasteiger partial charge in [-0.2, -0.15) is 13.2 Å². The standard InChI is InChI=1S/C24H16F3N5O3/c1-13(18-4-2-3-9-28-18)30-22(33)19-10-29-21-20(31-19)16-11-35-12-17(16)23(34)32(21)15-7-5-14(6-8-15)24(25,26)27/h2-13H,1H3,(H,30,33)/t13-/m0/s1. The largest absolute Gasteiger partial charge is 0.471 e. The maximum Gasteiger partial charge on any atom is 0.416 e. The molecule has 0 aliphatic rings. The van der Waals surface area contributed by atoms with Crippen molar-refractivity contribution in [3.05, 3.63) is 94.7 Å². The number of hydrogen-bond donors (Lipinski definition) is 1. The van der Waals surface area contributed by atoms with Gasteiger partial charge in [-0.25, -0.2) is 9.97 Å². The fraction of sp³-hybridized carbons (Fsp3) is 0.125. The number of pyridine rings is 2. The minimum Gasteiger partial charge on any atom is -0.471 e. The summed E-state index contributed by atoms with van der Waals surface area (Å²) in [7, 11) is 0. The number of furan rings is 1. The van der Waals surface area contributed by atoms with Crippen molar-refractivity contribution < 1.29 is 22.4 Å². The highest BCUT2D eigenvalue weighted by Crippen LogP contribution is 2.30. The van der Waals surface area contributed by atoms with Crippen LogP contribution in [0.25, 0.3) is 27.6 Å². The third kappa shape index (κ3) is 4.01. The zero-order chi connectivity index (χ0) is 24.7. The summed E-state index contributed by atoms with van der Waals surface area (Å²) in [6.45, 7) is 1.77. The van der Waals surface area contributed by atoms with Gasteiger partial charge in [0.05, 0.1) is 40.0 Å². The molecule has 5 rings (SSSR count). The van der Waals surface area contributed by atoms with Crippen molar-refractivity contribution in [2.75, 3.05) is 0 Å². The van der Waals surface area contributed by atoms with E-state index in [0.29, 0.717) is 11.1 Å². The second-order valence-corrected chi connectivity index (χ2v) is 7.76. The number of carbonyl (C=O) groups excluding carboxylic acids is 1. The summed E-state index contributed by atoms with van der Waals surface area (Å²) in [6.07, 6.45) is 0.825. The van der Waals surface area contributed by atoms with Crippen molar-refractivity contribution >= 4 is 27.8 Å². The first-order chi connectivity index (χ1) is 16.7. The van der Waals surface area contributed by atoms with Gasteiger partial charge in [0.1, 0.15) is 23.7 Å². The molecule has 4 heterocycles. The molecule has 0 saturated heterocycles. The van der Waals surface area contributed by atoms with Crippen molar-refractivity contribution in [2.45, 2.75) is 19.1 Å². The number of halogens is 3. The number of benzene rings is 1. The van der Waals surface area contributed by atoms with Crippen LogP contribution < -0.4 is 10.9 Å². The molecule has 0 bridgehead atoms. The van der Waals surface area contributed by atoms with Gasteiger partial charge in [-0.05, 0) is 43.3 Å².